The molecule has 0 amide bonds. The van der Waals surface area contributed by atoms with E-state index < -0.39 is 0 Å². The summed E-state index contributed by atoms with van der Waals surface area (Å²) in [7, 11) is 0. The number of fused-ring (bicyclic) bond motifs is 2. The van der Waals surface area contributed by atoms with E-state index >= 15 is 0 Å². The first kappa shape index (κ1) is 11.4. The third-order valence-electron chi connectivity index (χ3n) is 4.49. The van der Waals surface area contributed by atoms with E-state index in [1.54, 1.807) is 12.5 Å². The van der Waals surface area contributed by atoms with Crippen LogP contribution < -0.4 is 5.73 Å². The molecule has 3 aromatic rings. The van der Waals surface area contributed by atoms with E-state index in [1.165, 1.54) is 12.0 Å². The summed E-state index contributed by atoms with van der Waals surface area (Å²) in [5, 5.41) is 2.58. The van der Waals surface area contributed by atoms with Gasteiger partial charge in [0.1, 0.15) is 5.58 Å². The number of halogens is 1. The number of hydrogen-bond donors (Lipinski definition) is 1. The van der Waals surface area contributed by atoms with Crippen molar-refractivity contribution in [3.05, 3.63) is 35.2 Å². The molecule has 0 unspecified atom stereocenters. The van der Waals surface area contributed by atoms with E-state index in [0.29, 0.717) is 11.6 Å². The molecule has 1 fully saturated rings. The maximum absolute atomic E-state index is 6.40. The van der Waals surface area contributed by atoms with Gasteiger partial charge in [-0.2, -0.15) is 0 Å². The van der Waals surface area contributed by atoms with Crippen molar-refractivity contribution < 1.29 is 8.83 Å². The maximum Gasteiger partial charge on any atom is 0.153 e. The normalized spacial score (nSPS) is 18.0. The smallest absolute Gasteiger partial charge is 0.153 e. The Kier molecular flexibility index (Phi) is 2.26. The molecular formula is C15H14ClNO2. The van der Waals surface area contributed by atoms with Crippen molar-refractivity contribution in [2.45, 2.75) is 24.7 Å². The van der Waals surface area contributed by atoms with Gasteiger partial charge in [0.2, 0.25) is 0 Å². The monoisotopic (exact) mass is 275 g/mol. The molecule has 1 aliphatic carbocycles. The number of nitrogens with two attached hydrogens (primary N) is 1. The van der Waals surface area contributed by atoms with Crippen LogP contribution in [-0.4, -0.2) is 6.54 Å². The van der Waals surface area contributed by atoms with Gasteiger partial charge in [0, 0.05) is 28.3 Å². The fourth-order valence-electron chi connectivity index (χ4n) is 3.28. The summed E-state index contributed by atoms with van der Waals surface area (Å²) in [6.07, 6.45) is 6.77. The highest BCUT2D eigenvalue weighted by atomic mass is 35.5. The lowest BCUT2D eigenvalue weighted by Crippen LogP contribution is -2.41. The molecule has 0 bridgehead atoms. The molecule has 0 aliphatic heterocycles. The summed E-state index contributed by atoms with van der Waals surface area (Å²) in [4.78, 5) is 0. The lowest BCUT2D eigenvalue weighted by Gasteiger charge is -2.41. The van der Waals surface area contributed by atoms with Crippen LogP contribution in [0.4, 0.5) is 0 Å². The molecule has 0 atom stereocenters. The third-order valence-corrected chi connectivity index (χ3v) is 4.87. The highest BCUT2D eigenvalue weighted by Gasteiger charge is 2.41. The average molecular weight is 276 g/mol. The van der Waals surface area contributed by atoms with E-state index in [2.05, 4.69) is 0 Å². The van der Waals surface area contributed by atoms with Crippen molar-refractivity contribution in [3.8, 4) is 0 Å². The highest BCUT2D eigenvalue weighted by molar-refractivity contribution is 6.40. The first-order valence-corrected chi connectivity index (χ1v) is 6.91. The molecule has 3 nitrogen and oxygen atoms in total. The SMILES string of the molecule is NCC1(c2c3ccoc3c(Cl)c3ccoc23)CCC1. The molecule has 0 spiro atoms. The van der Waals surface area contributed by atoms with Crippen molar-refractivity contribution in [2.24, 2.45) is 5.73 Å². The van der Waals surface area contributed by atoms with Gasteiger partial charge in [0.25, 0.3) is 0 Å². The van der Waals surface area contributed by atoms with Gasteiger partial charge in [0.05, 0.1) is 17.5 Å². The van der Waals surface area contributed by atoms with Gasteiger partial charge in [-0.1, -0.05) is 18.0 Å². The summed E-state index contributed by atoms with van der Waals surface area (Å²) in [5.41, 5.74) is 8.85. The predicted molar refractivity (Wildman–Crippen MR) is 75.6 cm³/mol. The molecule has 4 rings (SSSR count). The standard InChI is InChI=1S/C15H14ClNO2/c16-12-10-3-7-18-13(10)11(9-2-6-19-14(9)12)15(8-17)4-1-5-15/h2-3,6-7H,1,4-5,8,17H2. The molecule has 19 heavy (non-hydrogen) atoms. The van der Waals surface area contributed by atoms with Gasteiger partial charge in [-0.15, -0.1) is 0 Å². The molecule has 0 radical (unpaired) electrons. The fourth-order valence-corrected chi connectivity index (χ4v) is 3.58. The Morgan fingerprint density at radius 1 is 1.11 bits per heavy atom. The Labute approximate surface area is 115 Å². The molecule has 98 valence electrons. The van der Waals surface area contributed by atoms with Crippen molar-refractivity contribution in [1.82, 2.24) is 0 Å². The van der Waals surface area contributed by atoms with Gasteiger partial charge in [-0.25, -0.2) is 0 Å². The van der Waals surface area contributed by atoms with Crippen LogP contribution >= 0.6 is 11.6 Å². The Balaban J connectivity index is 2.19. The van der Waals surface area contributed by atoms with E-state index in [0.717, 1.165) is 34.8 Å². The fraction of sp³-hybridized carbons (Fsp3) is 0.333. The lowest BCUT2D eigenvalue weighted by atomic mass is 9.63. The van der Waals surface area contributed by atoms with E-state index in [-0.39, 0.29) is 5.41 Å². The van der Waals surface area contributed by atoms with Crippen molar-refractivity contribution in [2.75, 3.05) is 6.54 Å². The first-order valence-electron chi connectivity index (χ1n) is 6.53. The molecule has 1 aliphatic rings. The van der Waals surface area contributed by atoms with Crippen LogP contribution in [0.2, 0.25) is 5.02 Å². The lowest BCUT2D eigenvalue weighted by molar-refractivity contribution is 0.255. The van der Waals surface area contributed by atoms with Gasteiger partial charge >= 0.3 is 0 Å². The number of hydrogen-bond acceptors (Lipinski definition) is 3. The van der Waals surface area contributed by atoms with Crippen molar-refractivity contribution >= 4 is 33.5 Å². The Morgan fingerprint density at radius 3 is 2.42 bits per heavy atom. The molecular weight excluding hydrogens is 262 g/mol. The van der Waals surface area contributed by atoms with Gasteiger partial charge < -0.3 is 14.6 Å². The zero-order valence-corrected chi connectivity index (χ0v) is 11.2. The zero-order chi connectivity index (χ0) is 13.0. The molecule has 4 heteroatoms. The maximum atomic E-state index is 6.40. The topological polar surface area (TPSA) is 52.3 Å². The average Bonchev–Trinajstić information content (AvgIpc) is 3.01. The largest absolute Gasteiger partial charge is 0.464 e. The Bertz CT molecular complexity index is 710. The number of benzene rings is 1. The van der Waals surface area contributed by atoms with Crippen molar-refractivity contribution in [3.63, 3.8) is 0 Å². The molecule has 2 N–H and O–H groups in total. The van der Waals surface area contributed by atoms with Gasteiger partial charge in [-0.3, -0.25) is 0 Å². The van der Waals surface area contributed by atoms with Crippen molar-refractivity contribution in [1.29, 1.82) is 0 Å². The molecule has 2 aromatic heterocycles. The minimum atomic E-state index is 0.0167. The highest BCUT2D eigenvalue weighted by Crippen LogP contribution is 2.50. The van der Waals surface area contributed by atoms with Crippen LogP contribution in [0.25, 0.3) is 21.9 Å². The number of furan rings is 2. The Morgan fingerprint density at radius 2 is 1.79 bits per heavy atom. The molecule has 2 heterocycles. The van der Waals surface area contributed by atoms with Crippen LogP contribution in [0.5, 0.6) is 0 Å². The first-order chi connectivity index (χ1) is 9.27. The summed E-state index contributed by atoms with van der Waals surface area (Å²) in [5.74, 6) is 0. The second kappa shape index (κ2) is 3.78. The zero-order valence-electron chi connectivity index (χ0n) is 10.4. The molecule has 1 saturated carbocycles. The molecule has 0 saturated heterocycles. The van der Waals surface area contributed by atoms with Crippen LogP contribution in [0, 0.1) is 0 Å². The van der Waals surface area contributed by atoms with Crippen LogP contribution in [0.15, 0.2) is 33.5 Å². The minimum Gasteiger partial charge on any atom is -0.464 e. The van der Waals surface area contributed by atoms with E-state index in [4.69, 9.17) is 26.2 Å². The second-order valence-corrected chi connectivity index (χ2v) is 5.73. The predicted octanol–water partition coefficient (Wildman–Crippen LogP) is 4.21. The Hall–Kier alpha value is -1.45. The van der Waals surface area contributed by atoms with E-state index in [9.17, 15) is 0 Å². The quantitative estimate of drug-likeness (QED) is 0.762. The molecule has 1 aromatic carbocycles. The number of rotatable bonds is 2. The third kappa shape index (κ3) is 1.32. The van der Waals surface area contributed by atoms with Crippen LogP contribution in [0.1, 0.15) is 24.8 Å². The summed E-state index contributed by atoms with van der Waals surface area (Å²) < 4.78 is 11.3. The summed E-state index contributed by atoms with van der Waals surface area (Å²) >= 11 is 6.40. The van der Waals surface area contributed by atoms with Gasteiger partial charge in [-0.05, 0) is 25.0 Å². The minimum absolute atomic E-state index is 0.0167. The van der Waals surface area contributed by atoms with Crippen LogP contribution in [-0.2, 0) is 5.41 Å². The van der Waals surface area contributed by atoms with Crippen LogP contribution in [0.3, 0.4) is 0 Å². The summed E-state index contributed by atoms with van der Waals surface area (Å²) in [6, 6.07) is 3.86. The second-order valence-electron chi connectivity index (χ2n) is 5.35. The van der Waals surface area contributed by atoms with E-state index in [1.807, 2.05) is 12.1 Å². The summed E-state index contributed by atoms with van der Waals surface area (Å²) in [6.45, 7) is 0.630. The van der Waals surface area contributed by atoms with Gasteiger partial charge in [0.15, 0.2) is 5.58 Å².